The Kier molecular flexibility index (Phi) is 5.98. The Balaban J connectivity index is 1.41. The highest BCUT2D eigenvalue weighted by atomic mass is 16.1. The van der Waals surface area contributed by atoms with Crippen LogP contribution in [0.2, 0.25) is 0 Å². The van der Waals surface area contributed by atoms with Crippen LogP contribution in [0.1, 0.15) is 40.9 Å². The number of carbonyl (C=O) groups is 1. The average molecular weight is 451 g/mol. The van der Waals surface area contributed by atoms with E-state index < -0.39 is 0 Å². The van der Waals surface area contributed by atoms with Crippen molar-refractivity contribution in [3.8, 4) is 22.6 Å². The van der Waals surface area contributed by atoms with Crippen molar-refractivity contribution in [2.24, 2.45) is 0 Å². The van der Waals surface area contributed by atoms with Gasteiger partial charge < -0.3 is 0 Å². The molecule has 0 aliphatic heterocycles. The fourth-order valence-electron chi connectivity index (χ4n) is 3.77. The maximum atomic E-state index is 12.8. The molecule has 0 atom stereocenters. The molecule has 0 amide bonds. The monoisotopic (exact) mass is 450 g/mol. The van der Waals surface area contributed by atoms with E-state index in [0.717, 1.165) is 34.6 Å². The van der Waals surface area contributed by atoms with Crippen molar-refractivity contribution in [1.82, 2.24) is 40.4 Å². The molecule has 9 heteroatoms. The zero-order valence-electron chi connectivity index (χ0n) is 18.6. The predicted molar refractivity (Wildman–Crippen MR) is 126 cm³/mol. The summed E-state index contributed by atoms with van der Waals surface area (Å²) >= 11 is 0. The second kappa shape index (κ2) is 9.53. The topological polar surface area (TPSA) is 115 Å². The van der Waals surface area contributed by atoms with Crippen LogP contribution in [0.3, 0.4) is 0 Å². The smallest absolute Gasteiger partial charge is 0.232 e. The first-order valence-corrected chi connectivity index (χ1v) is 11.0. The van der Waals surface area contributed by atoms with Gasteiger partial charge in [-0.05, 0) is 29.3 Å². The van der Waals surface area contributed by atoms with Gasteiger partial charge in [0.05, 0.1) is 5.69 Å². The molecule has 0 aliphatic rings. The molecular weight excluding hydrogens is 428 g/mol. The Morgan fingerprint density at radius 1 is 1.00 bits per heavy atom. The average Bonchev–Trinajstić information content (AvgIpc) is 3.56. The largest absolute Gasteiger partial charge is 0.285 e. The molecule has 1 N–H and O–H groups in total. The molecule has 0 aliphatic carbocycles. The van der Waals surface area contributed by atoms with Crippen LogP contribution < -0.4 is 0 Å². The second-order valence-electron chi connectivity index (χ2n) is 7.78. The van der Waals surface area contributed by atoms with Crippen LogP contribution in [0.4, 0.5) is 0 Å². The van der Waals surface area contributed by atoms with E-state index in [4.69, 9.17) is 0 Å². The lowest BCUT2D eigenvalue weighted by molar-refractivity contribution is 0.102. The first kappa shape index (κ1) is 21.3. The van der Waals surface area contributed by atoms with Gasteiger partial charge in [0, 0.05) is 35.9 Å². The molecule has 9 nitrogen and oxygen atoms in total. The third kappa shape index (κ3) is 4.36. The third-order valence-electron chi connectivity index (χ3n) is 5.41. The summed E-state index contributed by atoms with van der Waals surface area (Å²) in [5.41, 5.74) is 4.17. The van der Waals surface area contributed by atoms with Gasteiger partial charge in [0.15, 0.2) is 0 Å². The molecule has 0 saturated heterocycles. The van der Waals surface area contributed by atoms with Crippen molar-refractivity contribution in [2.45, 2.75) is 26.3 Å². The lowest BCUT2D eigenvalue weighted by Gasteiger charge is -2.08. The summed E-state index contributed by atoms with van der Waals surface area (Å²) in [5, 5.41) is 18.8. The van der Waals surface area contributed by atoms with E-state index in [-0.39, 0.29) is 11.6 Å². The van der Waals surface area contributed by atoms with Gasteiger partial charge in [-0.3, -0.25) is 9.78 Å². The van der Waals surface area contributed by atoms with Crippen molar-refractivity contribution in [2.75, 3.05) is 0 Å². The number of hydrogen-bond acceptors (Lipinski definition) is 7. The van der Waals surface area contributed by atoms with Crippen molar-refractivity contribution in [3.05, 3.63) is 95.7 Å². The lowest BCUT2D eigenvalue weighted by atomic mass is 10.0. The SMILES string of the molecule is CCCn1nc(C(=O)c2ccccc2)nc1Cc1ccc(-c2ncccc2-c2nn[nH]n2)cc1. The molecule has 0 saturated carbocycles. The molecule has 34 heavy (non-hydrogen) atoms. The molecule has 168 valence electrons. The number of carbonyl (C=O) groups excluding carboxylic acids is 1. The number of hydrogen-bond donors (Lipinski definition) is 1. The molecule has 5 rings (SSSR count). The van der Waals surface area contributed by atoms with E-state index in [1.54, 1.807) is 18.3 Å². The van der Waals surface area contributed by atoms with Crippen molar-refractivity contribution < 1.29 is 4.79 Å². The molecule has 2 aromatic carbocycles. The number of rotatable bonds is 8. The highest BCUT2D eigenvalue weighted by molar-refractivity contribution is 6.06. The van der Waals surface area contributed by atoms with Crippen molar-refractivity contribution in [1.29, 1.82) is 0 Å². The Labute approximate surface area is 195 Å². The molecule has 0 radical (unpaired) electrons. The number of aromatic nitrogens is 8. The zero-order valence-corrected chi connectivity index (χ0v) is 18.6. The maximum absolute atomic E-state index is 12.8. The van der Waals surface area contributed by atoms with Crippen LogP contribution >= 0.6 is 0 Å². The number of nitrogens with one attached hydrogen (secondary N) is 1. The summed E-state index contributed by atoms with van der Waals surface area (Å²) in [5.74, 6) is 1.32. The fourth-order valence-corrected chi connectivity index (χ4v) is 3.77. The first-order valence-electron chi connectivity index (χ1n) is 11.0. The first-order chi connectivity index (χ1) is 16.7. The van der Waals surface area contributed by atoms with E-state index >= 15 is 0 Å². The quantitative estimate of drug-likeness (QED) is 0.358. The number of ketones is 1. The van der Waals surface area contributed by atoms with Crippen LogP contribution in [0, 0.1) is 0 Å². The number of aromatic amines is 1. The molecule has 0 unspecified atom stereocenters. The van der Waals surface area contributed by atoms with E-state index in [1.165, 1.54) is 0 Å². The van der Waals surface area contributed by atoms with Crippen LogP contribution in [-0.2, 0) is 13.0 Å². The number of nitrogens with zero attached hydrogens (tertiary/aromatic N) is 7. The van der Waals surface area contributed by atoms with Gasteiger partial charge >= 0.3 is 0 Å². The maximum Gasteiger partial charge on any atom is 0.232 e. The number of aryl methyl sites for hydroxylation is 1. The van der Waals surface area contributed by atoms with Crippen LogP contribution in [0.15, 0.2) is 72.9 Å². The van der Waals surface area contributed by atoms with Crippen LogP contribution in [-0.4, -0.2) is 46.2 Å². The fraction of sp³-hybridized carbons (Fsp3) is 0.160. The van der Waals surface area contributed by atoms with Gasteiger partial charge in [0.1, 0.15) is 5.82 Å². The summed E-state index contributed by atoms with van der Waals surface area (Å²) < 4.78 is 1.83. The second-order valence-corrected chi connectivity index (χ2v) is 7.78. The molecule has 0 spiro atoms. The van der Waals surface area contributed by atoms with Crippen LogP contribution in [0.25, 0.3) is 22.6 Å². The molecular formula is C25H22N8O. The van der Waals surface area contributed by atoms with Gasteiger partial charge in [-0.1, -0.05) is 61.5 Å². The molecule has 0 bridgehead atoms. The summed E-state index contributed by atoms with van der Waals surface area (Å²) in [6, 6.07) is 21.0. The minimum Gasteiger partial charge on any atom is -0.285 e. The minimum atomic E-state index is -0.170. The molecule has 0 fully saturated rings. The van der Waals surface area contributed by atoms with Crippen molar-refractivity contribution in [3.63, 3.8) is 0 Å². The van der Waals surface area contributed by atoms with Gasteiger partial charge in [-0.2, -0.15) is 5.21 Å². The third-order valence-corrected chi connectivity index (χ3v) is 5.41. The van der Waals surface area contributed by atoms with E-state index in [1.807, 2.05) is 59.3 Å². The highest BCUT2D eigenvalue weighted by Crippen LogP contribution is 2.27. The number of tetrazole rings is 1. The number of benzene rings is 2. The van der Waals surface area contributed by atoms with Crippen LogP contribution in [0.5, 0.6) is 0 Å². The van der Waals surface area contributed by atoms with Gasteiger partial charge in [0.25, 0.3) is 0 Å². The Morgan fingerprint density at radius 2 is 1.82 bits per heavy atom. The predicted octanol–water partition coefficient (Wildman–Crippen LogP) is 3.75. The zero-order chi connectivity index (χ0) is 23.3. The minimum absolute atomic E-state index is 0.170. The Bertz CT molecular complexity index is 1390. The van der Waals surface area contributed by atoms with Crippen molar-refractivity contribution >= 4 is 5.78 Å². The number of pyridine rings is 1. The normalized spacial score (nSPS) is 11.0. The summed E-state index contributed by atoms with van der Waals surface area (Å²) in [7, 11) is 0. The Hall–Kier alpha value is -4.53. The summed E-state index contributed by atoms with van der Waals surface area (Å²) in [6.07, 6.45) is 3.20. The molecule has 3 aromatic heterocycles. The summed E-state index contributed by atoms with van der Waals surface area (Å²) in [4.78, 5) is 22.0. The molecule has 5 aromatic rings. The Morgan fingerprint density at radius 3 is 2.56 bits per heavy atom. The van der Waals surface area contributed by atoms with E-state index in [9.17, 15) is 4.79 Å². The van der Waals surface area contributed by atoms with Gasteiger partial charge in [-0.15, -0.1) is 15.3 Å². The standard InChI is InChI=1S/C25H22N8O/c1-2-15-33-21(27-25(30-33)23(34)19-7-4-3-5-8-19)16-17-10-12-18(13-11-17)22-20(9-6-14-26-22)24-28-31-32-29-24/h3-14H,2,15-16H2,1H3,(H,28,29,31,32). The van der Waals surface area contributed by atoms with E-state index in [2.05, 4.69) is 42.6 Å². The summed E-state index contributed by atoms with van der Waals surface area (Å²) in [6.45, 7) is 2.78. The van der Waals surface area contributed by atoms with Gasteiger partial charge in [0.2, 0.25) is 17.4 Å². The lowest BCUT2D eigenvalue weighted by Crippen LogP contribution is -2.07. The highest BCUT2D eigenvalue weighted by Gasteiger charge is 2.18. The van der Waals surface area contributed by atoms with Gasteiger partial charge in [-0.25, -0.2) is 9.67 Å². The molecule has 3 heterocycles. The number of H-pyrrole nitrogens is 1. The van der Waals surface area contributed by atoms with E-state index in [0.29, 0.717) is 24.4 Å².